The molecule has 3 aromatic rings. The fraction of sp³-hybridized carbons (Fsp3) is 0. The number of para-hydroxylation sites is 1. The highest BCUT2D eigenvalue weighted by Crippen LogP contribution is 2.26. The van der Waals surface area contributed by atoms with E-state index in [1.165, 1.54) is 6.33 Å². The van der Waals surface area contributed by atoms with Gasteiger partial charge in [0, 0.05) is 5.39 Å². The van der Waals surface area contributed by atoms with Gasteiger partial charge < -0.3 is 5.43 Å². The van der Waals surface area contributed by atoms with Gasteiger partial charge in [-0.05, 0) is 22.0 Å². The van der Waals surface area contributed by atoms with E-state index in [0.29, 0.717) is 16.1 Å². The Morgan fingerprint density at radius 3 is 2.89 bits per heavy atom. The van der Waals surface area contributed by atoms with E-state index in [4.69, 9.17) is 5.84 Å². The van der Waals surface area contributed by atoms with Crippen molar-refractivity contribution in [2.24, 2.45) is 5.84 Å². The third-order valence-corrected chi connectivity index (χ3v) is 3.32. The first-order valence-corrected chi connectivity index (χ1v) is 6.01. The normalized spacial score (nSPS) is 10.8. The molecule has 0 aliphatic carbocycles. The molecule has 7 heteroatoms. The largest absolute Gasteiger partial charge is 0.307 e. The molecule has 0 spiro atoms. The lowest BCUT2D eigenvalue weighted by molar-refractivity contribution is 0.859. The summed E-state index contributed by atoms with van der Waals surface area (Å²) in [5, 5.41) is 5.38. The minimum atomic E-state index is 0.514. The molecule has 2 aromatic heterocycles. The molecular weight excluding hydrogens is 296 g/mol. The zero-order valence-corrected chi connectivity index (χ0v) is 10.8. The van der Waals surface area contributed by atoms with E-state index in [0.717, 1.165) is 10.9 Å². The summed E-state index contributed by atoms with van der Waals surface area (Å²) in [5.74, 6) is 6.54. The third-order valence-electron chi connectivity index (χ3n) is 2.59. The number of fused-ring (bicyclic) bond motifs is 1. The number of hydrogen-bond donors (Lipinski definition) is 2. The molecule has 3 N–H and O–H groups in total. The fourth-order valence-corrected chi connectivity index (χ4v) is 2.24. The average molecular weight is 305 g/mol. The third kappa shape index (κ3) is 1.64. The predicted octanol–water partition coefficient (Wildman–Crippen LogP) is 1.86. The quantitative estimate of drug-likeness (QED) is 0.558. The molecule has 0 aliphatic rings. The number of nitrogen functional groups attached to an aromatic ring is 1. The van der Waals surface area contributed by atoms with Gasteiger partial charge in [0.05, 0.1) is 11.7 Å². The Balaban J connectivity index is 2.26. The number of benzene rings is 1. The van der Waals surface area contributed by atoms with Crippen molar-refractivity contribution in [1.82, 2.24) is 19.7 Å². The van der Waals surface area contributed by atoms with Crippen molar-refractivity contribution in [3.63, 3.8) is 0 Å². The van der Waals surface area contributed by atoms with Crippen LogP contribution in [0.15, 0.2) is 41.3 Å². The van der Waals surface area contributed by atoms with Crippen LogP contribution in [0, 0.1) is 0 Å². The first-order valence-electron chi connectivity index (χ1n) is 5.21. The van der Waals surface area contributed by atoms with Gasteiger partial charge in [0.25, 0.3) is 0 Å². The second-order valence-electron chi connectivity index (χ2n) is 3.62. The van der Waals surface area contributed by atoms with Gasteiger partial charge in [-0.2, -0.15) is 5.10 Å². The molecule has 0 amide bonds. The summed E-state index contributed by atoms with van der Waals surface area (Å²) in [6, 6.07) is 7.90. The van der Waals surface area contributed by atoms with Crippen molar-refractivity contribution in [1.29, 1.82) is 0 Å². The average Bonchev–Trinajstić information content (AvgIpc) is 2.83. The van der Waals surface area contributed by atoms with E-state index < -0.39 is 0 Å². The molecule has 0 saturated carbocycles. The van der Waals surface area contributed by atoms with E-state index in [2.05, 4.69) is 36.4 Å². The van der Waals surface area contributed by atoms with E-state index >= 15 is 0 Å². The maximum absolute atomic E-state index is 5.39. The zero-order chi connectivity index (χ0) is 12.5. The van der Waals surface area contributed by atoms with E-state index in [-0.39, 0.29) is 0 Å². The Kier molecular flexibility index (Phi) is 2.69. The topological polar surface area (TPSA) is 81.6 Å². The number of rotatable bonds is 2. The van der Waals surface area contributed by atoms with Crippen LogP contribution in [-0.2, 0) is 0 Å². The van der Waals surface area contributed by atoms with Crippen LogP contribution >= 0.6 is 15.9 Å². The van der Waals surface area contributed by atoms with Crippen molar-refractivity contribution in [2.75, 3.05) is 5.43 Å². The van der Waals surface area contributed by atoms with Crippen LogP contribution in [0.2, 0.25) is 0 Å². The summed E-state index contributed by atoms with van der Waals surface area (Å²) in [6.07, 6.45) is 3.23. The first kappa shape index (κ1) is 11.1. The Labute approximate surface area is 111 Å². The Morgan fingerprint density at radius 2 is 2.06 bits per heavy atom. The van der Waals surface area contributed by atoms with Crippen molar-refractivity contribution in [3.8, 4) is 5.82 Å². The number of nitrogens with one attached hydrogen (secondary N) is 1. The number of aromatic nitrogens is 4. The number of nitrogens with two attached hydrogens (primary N) is 1. The number of hydrazine groups is 1. The van der Waals surface area contributed by atoms with Gasteiger partial charge in [-0.3, -0.25) is 0 Å². The van der Waals surface area contributed by atoms with Crippen molar-refractivity contribution in [3.05, 3.63) is 41.3 Å². The molecule has 1 aromatic carbocycles. The minimum absolute atomic E-state index is 0.514. The molecule has 0 radical (unpaired) electrons. The Bertz CT molecular complexity index is 708. The fourth-order valence-electron chi connectivity index (χ4n) is 1.75. The van der Waals surface area contributed by atoms with Crippen LogP contribution in [0.4, 0.5) is 5.82 Å². The molecule has 0 bridgehead atoms. The Morgan fingerprint density at radius 1 is 1.22 bits per heavy atom. The van der Waals surface area contributed by atoms with Crippen molar-refractivity contribution in [2.45, 2.75) is 0 Å². The zero-order valence-electron chi connectivity index (χ0n) is 9.21. The highest BCUT2D eigenvalue weighted by atomic mass is 79.9. The van der Waals surface area contributed by atoms with Gasteiger partial charge in [-0.15, -0.1) is 0 Å². The lowest BCUT2D eigenvalue weighted by Crippen LogP contribution is -2.11. The number of anilines is 1. The summed E-state index contributed by atoms with van der Waals surface area (Å²) in [4.78, 5) is 8.24. The van der Waals surface area contributed by atoms with Crippen LogP contribution in [0.3, 0.4) is 0 Å². The van der Waals surface area contributed by atoms with Crippen molar-refractivity contribution >= 4 is 32.7 Å². The molecule has 6 nitrogen and oxygen atoms in total. The maximum Gasteiger partial charge on any atom is 0.173 e. The maximum atomic E-state index is 5.39. The summed E-state index contributed by atoms with van der Waals surface area (Å²) in [5.41, 5.74) is 3.48. The summed E-state index contributed by atoms with van der Waals surface area (Å²) < 4.78 is 2.41. The van der Waals surface area contributed by atoms with Crippen LogP contribution in [0.1, 0.15) is 0 Å². The van der Waals surface area contributed by atoms with Gasteiger partial charge in [0.15, 0.2) is 11.6 Å². The van der Waals surface area contributed by atoms with Gasteiger partial charge in [0.1, 0.15) is 10.8 Å². The van der Waals surface area contributed by atoms with Crippen LogP contribution < -0.4 is 11.3 Å². The molecule has 90 valence electrons. The molecule has 0 saturated heterocycles. The monoisotopic (exact) mass is 304 g/mol. The highest BCUT2D eigenvalue weighted by Gasteiger charge is 2.12. The number of halogens is 1. The summed E-state index contributed by atoms with van der Waals surface area (Å²) in [7, 11) is 0. The smallest absolute Gasteiger partial charge is 0.173 e. The molecule has 3 rings (SSSR count). The van der Waals surface area contributed by atoms with Crippen LogP contribution in [0.5, 0.6) is 0 Å². The van der Waals surface area contributed by atoms with E-state index in [9.17, 15) is 0 Å². The lowest BCUT2D eigenvalue weighted by atomic mass is 10.2. The van der Waals surface area contributed by atoms with Crippen LogP contribution in [0.25, 0.3) is 16.7 Å². The standard InChI is InChI=1S/C11H9BrN6/c12-9-10(17-13)14-6-15-11(9)18-8-4-2-1-3-7(8)5-16-18/h1-6H,13H2,(H,14,15,17). The molecule has 0 fully saturated rings. The molecule has 18 heavy (non-hydrogen) atoms. The van der Waals surface area contributed by atoms with Gasteiger partial charge in [-0.25, -0.2) is 20.5 Å². The second-order valence-corrected chi connectivity index (χ2v) is 4.41. The molecular formula is C11H9BrN6. The first-order chi connectivity index (χ1) is 8.81. The predicted molar refractivity (Wildman–Crippen MR) is 72.2 cm³/mol. The summed E-state index contributed by atoms with van der Waals surface area (Å²) >= 11 is 3.42. The van der Waals surface area contributed by atoms with Crippen LogP contribution in [-0.4, -0.2) is 19.7 Å². The number of hydrogen-bond acceptors (Lipinski definition) is 5. The lowest BCUT2D eigenvalue weighted by Gasteiger charge is -2.07. The number of nitrogens with zero attached hydrogens (tertiary/aromatic N) is 4. The highest BCUT2D eigenvalue weighted by molar-refractivity contribution is 9.10. The molecule has 0 atom stereocenters. The Hall–Kier alpha value is -1.99. The second kappa shape index (κ2) is 4.35. The summed E-state index contributed by atoms with van der Waals surface area (Å²) in [6.45, 7) is 0. The van der Waals surface area contributed by atoms with E-state index in [1.807, 2.05) is 24.3 Å². The van der Waals surface area contributed by atoms with Gasteiger partial charge in [0.2, 0.25) is 0 Å². The minimum Gasteiger partial charge on any atom is -0.307 e. The van der Waals surface area contributed by atoms with Gasteiger partial charge >= 0.3 is 0 Å². The van der Waals surface area contributed by atoms with Gasteiger partial charge in [-0.1, -0.05) is 18.2 Å². The molecule has 2 heterocycles. The molecule has 0 unspecified atom stereocenters. The van der Waals surface area contributed by atoms with E-state index in [1.54, 1.807) is 10.9 Å². The van der Waals surface area contributed by atoms with Crippen molar-refractivity contribution < 1.29 is 0 Å². The molecule has 0 aliphatic heterocycles. The SMILES string of the molecule is NNc1ncnc(-n2ncc3ccccc32)c1Br.